The maximum absolute atomic E-state index is 11.5. The van der Waals surface area contributed by atoms with Gasteiger partial charge in [-0.3, -0.25) is 4.79 Å². The summed E-state index contributed by atoms with van der Waals surface area (Å²) in [5.41, 5.74) is -0.0542. The molecular formula is C10H19NO4S. The Morgan fingerprint density at radius 2 is 1.88 bits per heavy atom. The highest BCUT2D eigenvalue weighted by Gasteiger charge is 2.31. The predicted molar refractivity (Wildman–Crippen MR) is 63.0 cm³/mol. The highest BCUT2D eigenvalue weighted by molar-refractivity contribution is 7.81. The van der Waals surface area contributed by atoms with Crippen LogP contribution >= 0.6 is 0 Å². The fraction of sp³-hybridized carbons (Fsp3) is 0.800. The van der Waals surface area contributed by atoms with Crippen molar-refractivity contribution in [2.75, 3.05) is 0 Å². The van der Waals surface area contributed by atoms with Crippen molar-refractivity contribution in [3.8, 4) is 0 Å². The maximum atomic E-state index is 11.5. The summed E-state index contributed by atoms with van der Waals surface area (Å²) in [7, 11) is 0. The lowest BCUT2D eigenvalue weighted by Gasteiger charge is -2.16. The molecule has 2 N–H and O–H groups in total. The molecule has 0 aliphatic carbocycles. The van der Waals surface area contributed by atoms with Gasteiger partial charge < -0.3 is 14.7 Å². The fourth-order valence-electron chi connectivity index (χ4n) is 1.19. The Bertz CT molecular complexity index is 267. The number of esters is 1. The minimum Gasteiger partial charge on any atom is -0.462 e. The molecule has 0 bridgehead atoms. The predicted octanol–water partition coefficient (Wildman–Crippen LogP) is 1.59. The maximum Gasteiger partial charge on any atom is 0.330 e. The van der Waals surface area contributed by atoms with E-state index in [0.717, 1.165) is 0 Å². The number of ether oxygens (including phenoxy) is 1. The van der Waals surface area contributed by atoms with E-state index in [9.17, 15) is 9.00 Å². The molecule has 0 aromatic heterocycles. The van der Waals surface area contributed by atoms with Crippen LogP contribution in [0.5, 0.6) is 0 Å². The second-order valence-electron chi connectivity index (χ2n) is 4.27. The van der Waals surface area contributed by atoms with Crippen LogP contribution in [0.3, 0.4) is 0 Å². The molecule has 2 unspecified atom stereocenters. The molecule has 94 valence electrons. The van der Waals surface area contributed by atoms with Gasteiger partial charge in [-0.25, -0.2) is 4.21 Å². The number of carbonyl (C=O) groups is 1. The first-order chi connectivity index (χ1) is 7.25. The number of rotatable bonds is 6. The summed E-state index contributed by atoms with van der Waals surface area (Å²) in [6, 6.07) is 0. The van der Waals surface area contributed by atoms with E-state index in [1.807, 2.05) is 13.8 Å². The molecule has 0 fully saturated rings. The first-order valence-corrected chi connectivity index (χ1v) is 6.30. The third-order valence-corrected chi connectivity index (χ3v) is 2.59. The molecule has 0 aliphatic rings. The largest absolute Gasteiger partial charge is 0.462 e. The van der Waals surface area contributed by atoms with Crippen molar-refractivity contribution in [3.63, 3.8) is 0 Å². The Hall–Kier alpha value is -0.750. The highest BCUT2D eigenvalue weighted by Crippen LogP contribution is 2.10. The van der Waals surface area contributed by atoms with Gasteiger partial charge in [0.05, 0.1) is 6.10 Å². The van der Waals surface area contributed by atoms with Crippen LogP contribution in [-0.4, -0.2) is 31.8 Å². The topological polar surface area (TPSA) is 87.5 Å². The van der Waals surface area contributed by atoms with Gasteiger partial charge in [0.15, 0.2) is 16.3 Å². The van der Waals surface area contributed by atoms with Gasteiger partial charge in [-0.1, -0.05) is 13.8 Å². The number of hydrogen-bond acceptors (Lipinski definition) is 4. The molecule has 0 saturated carbocycles. The van der Waals surface area contributed by atoms with Gasteiger partial charge in [-0.05, 0) is 26.2 Å². The Morgan fingerprint density at radius 1 is 1.38 bits per heavy atom. The molecule has 2 atom stereocenters. The number of carbonyl (C=O) groups excluding carboxylic acids is 1. The quantitative estimate of drug-likeness (QED) is 0.425. The highest BCUT2D eigenvalue weighted by atomic mass is 32.2. The third kappa shape index (κ3) is 5.37. The molecule has 0 amide bonds. The summed E-state index contributed by atoms with van der Waals surface area (Å²) in [5, 5.41) is 6.27. The lowest BCUT2D eigenvalue weighted by molar-refractivity contribution is -0.145. The molecule has 6 heteroatoms. The van der Waals surface area contributed by atoms with E-state index in [2.05, 4.69) is 0 Å². The van der Waals surface area contributed by atoms with Gasteiger partial charge in [0.25, 0.3) is 0 Å². The van der Waals surface area contributed by atoms with Crippen LogP contribution in [0.1, 0.15) is 34.1 Å². The van der Waals surface area contributed by atoms with Crippen molar-refractivity contribution < 1.29 is 18.3 Å². The zero-order valence-corrected chi connectivity index (χ0v) is 10.8. The standard InChI is InChI=1S/C10H19NO4S/c1-6(2)5-8(11)9(16(13)14)10(12)15-7(3)4/h6-7,9,11H,5H2,1-4H3,(H,13,14). The van der Waals surface area contributed by atoms with E-state index in [1.165, 1.54) is 0 Å². The molecule has 0 heterocycles. The van der Waals surface area contributed by atoms with Crippen LogP contribution < -0.4 is 0 Å². The number of nitrogens with one attached hydrogen (secondary N) is 1. The molecular weight excluding hydrogens is 230 g/mol. The van der Waals surface area contributed by atoms with Gasteiger partial charge in [-0.2, -0.15) is 0 Å². The normalized spacial score (nSPS) is 14.9. The number of hydrogen-bond donors (Lipinski definition) is 2. The lowest BCUT2D eigenvalue weighted by Crippen LogP contribution is -2.37. The van der Waals surface area contributed by atoms with E-state index in [4.69, 9.17) is 14.7 Å². The molecule has 0 aliphatic heterocycles. The van der Waals surface area contributed by atoms with Crippen molar-refractivity contribution in [1.29, 1.82) is 5.41 Å². The molecule has 0 radical (unpaired) electrons. The second-order valence-corrected chi connectivity index (χ2v) is 5.29. The van der Waals surface area contributed by atoms with Gasteiger partial charge >= 0.3 is 5.97 Å². The second kappa shape index (κ2) is 6.75. The molecule has 0 rings (SSSR count). The van der Waals surface area contributed by atoms with Crippen LogP contribution in [0.2, 0.25) is 0 Å². The summed E-state index contributed by atoms with van der Waals surface area (Å²) in [6.07, 6.45) is -0.0464. The minimum absolute atomic E-state index is 0.0542. The zero-order valence-electron chi connectivity index (χ0n) is 10.0. The first-order valence-electron chi connectivity index (χ1n) is 5.13. The van der Waals surface area contributed by atoms with E-state index >= 15 is 0 Å². The average molecular weight is 249 g/mol. The molecule has 16 heavy (non-hydrogen) atoms. The Labute approximate surface area is 98.4 Å². The van der Waals surface area contributed by atoms with E-state index in [-0.39, 0.29) is 17.7 Å². The van der Waals surface area contributed by atoms with Crippen LogP contribution in [-0.2, 0) is 20.6 Å². The molecule has 5 nitrogen and oxygen atoms in total. The molecule has 0 spiro atoms. The molecule has 0 aromatic rings. The van der Waals surface area contributed by atoms with E-state index in [0.29, 0.717) is 6.42 Å². The Balaban J connectivity index is 4.67. The van der Waals surface area contributed by atoms with Crippen molar-refractivity contribution >= 4 is 22.8 Å². The van der Waals surface area contributed by atoms with Gasteiger partial charge in [0, 0.05) is 5.71 Å². The van der Waals surface area contributed by atoms with Gasteiger partial charge in [0.2, 0.25) is 0 Å². The van der Waals surface area contributed by atoms with Crippen LogP contribution in [0.4, 0.5) is 0 Å². The van der Waals surface area contributed by atoms with Crippen molar-refractivity contribution in [3.05, 3.63) is 0 Å². The molecule has 0 saturated heterocycles. The minimum atomic E-state index is -2.40. The van der Waals surface area contributed by atoms with Crippen molar-refractivity contribution in [2.24, 2.45) is 5.92 Å². The Morgan fingerprint density at radius 3 is 2.19 bits per heavy atom. The zero-order chi connectivity index (χ0) is 12.9. The third-order valence-electron chi connectivity index (χ3n) is 1.71. The summed E-state index contributed by atoms with van der Waals surface area (Å²) in [6.45, 7) is 7.06. The summed E-state index contributed by atoms with van der Waals surface area (Å²) in [5.74, 6) is -0.646. The lowest BCUT2D eigenvalue weighted by atomic mass is 10.0. The van der Waals surface area contributed by atoms with E-state index < -0.39 is 22.3 Å². The Kier molecular flexibility index (Phi) is 6.43. The average Bonchev–Trinajstić information content (AvgIpc) is 1.98. The summed E-state index contributed by atoms with van der Waals surface area (Å²) >= 11 is -2.40. The van der Waals surface area contributed by atoms with Crippen molar-refractivity contribution in [2.45, 2.75) is 45.5 Å². The molecule has 0 aromatic carbocycles. The van der Waals surface area contributed by atoms with Crippen LogP contribution in [0.15, 0.2) is 0 Å². The first kappa shape index (κ1) is 15.2. The van der Waals surface area contributed by atoms with Gasteiger partial charge in [-0.15, -0.1) is 0 Å². The van der Waals surface area contributed by atoms with Crippen LogP contribution in [0.25, 0.3) is 0 Å². The SMILES string of the molecule is CC(C)CC(=N)C(C(=O)OC(C)C)S(=O)O. The monoisotopic (exact) mass is 249 g/mol. The summed E-state index contributed by atoms with van der Waals surface area (Å²) < 4.78 is 24.9. The van der Waals surface area contributed by atoms with Crippen molar-refractivity contribution in [1.82, 2.24) is 0 Å². The fourth-order valence-corrected chi connectivity index (χ4v) is 1.75. The van der Waals surface area contributed by atoms with E-state index in [1.54, 1.807) is 13.8 Å². The smallest absolute Gasteiger partial charge is 0.330 e. The van der Waals surface area contributed by atoms with Gasteiger partial charge in [0.1, 0.15) is 0 Å². The summed E-state index contributed by atoms with van der Waals surface area (Å²) in [4.78, 5) is 11.5. The van der Waals surface area contributed by atoms with Crippen LogP contribution in [0, 0.1) is 11.3 Å².